The third-order valence-electron chi connectivity index (χ3n) is 2.49. The van der Waals surface area contributed by atoms with Gasteiger partial charge in [-0.3, -0.25) is 0 Å². The lowest BCUT2D eigenvalue weighted by atomic mass is 10.6. The molecule has 0 aliphatic carbocycles. The zero-order chi connectivity index (χ0) is 13.8. The molecule has 0 unspecified atom stereocenters. The van der Waals surface area contributed by atoms with Gasteiger partial charge in [0.2, 0.25) is 6.33 Å². The Labute approximate surface area is 114 Å². The molecule has 0 bridgehead atoms. The maximum atomic E-state index is 5.48. The first-order valence-electron chi connectivity index (χ1n) is 6.56. The van der Waals surface area contributed by atoms with Crippen molar-refractivity contribution in [2.24, 2.45) is 7.05 Å². The number of ether oxygens (including phenoxy) is 4. The van der Waals surface area contributed by atoms with Crippen LogP contribution < -0.4 is 4.57 Å². The molecule has 0 fully saturated rings. The maximum Gasteiger partial charge on any atom is 0.243 e. The van der Waals surface area contributed by atoms with E-state index in [1.165, 1.54) is 0 Å². The van der Waals surface area contributed by atoms with Gasteiger partial charge in [-0.15, -0.1) is 0 Å². The van der Waals surface area contributed by atoms with Gasteiger partial charge in [-0.25, -0.2) is 9.13 Å². The lowest BCUT2D eigenvalue weighted by molar-refractivity contribution is -0.671. The fourth-order valence-corrected chi connectivity index (χ4v) is 1.49. The molecule has 0 aliphatic heterocycles. The highest BCUT2D eigenvalue weighted by Crippen LogP contribution is 1.86. The highest BCUT2D eigenvalue weighted by molar-refractivity contribution is 4.65. The van der Waals surface area contributed by atoms with Crippen LogP contribution in [0.1, 0.15) is 0 Å². The van der Waals surface area contributed by atoms with E-state index in [-0.39, 0.29) is 0 Å². The van der Waals surface area contributed by atoms with E-state index in [0.29, 0.717) is 46.2 Å². The van der Waals surface area contributed by atoms with Gasteiger partial charge in [0.05, 0.1) is 53.3 Å². The van der Waals surface area contributed by atoms with E-state index in [2.05, 4.69) is 4.57 Å². The zero-order valence-corrected chi connectivity index (χ0v) is 11.9. The third-order valence-corrected chi connectivity index (χ3v) is 2.49. The third kappa shape index (κ3) is 8.72. The van der Waals surface area contributed by atoms with Crippen molar-refractivity contribution in [1.82, 2.24) is 4.57 Å². The quantitative estimate of drug-likeness (QED) is 0.397. The minimum Gasteiger partial charge on any atom is -0.382 e. The topological polar surface area (TPSA) is 45.7 Å². The van der Waals surface area contributed by atoms with Crippen molar-refractivity contribution in [3.8, 4) is 0 Å². The molecule has 6 nitrogen and oxygen atoms in total. The molecule has 110 valence electrons. The Morgan fingerprint density at radius 2 is 1.47 bits per heavy atom. The first kappa shape index (κ1) is 16.1. The van der Waals surface area contributed by atoms with Gasteiger partial charge < -0.3 is 18.9 Å². The molecule has 0 aromatic carbocycles. The molecular formula is C13H25N2O4+. The largest absolute Gasteiger partial charge is 0.382 e. The summed E-state index contributed by atoms with van der Waals surface area (Å²) in [5, 5.41) is 0. The van der Waals surface area contributed by atoms with Gasteiger partial charge in [0.15, 0.2) is 0 Å². The molecule has 0 atom stereocenters. The Morgan fingerprint density at radius 1 is 0.895 bits per heavy atom. The summed E-state index contributed by atoms with van der Waals surface area (Å²) in [5.74, 6) is 0. The van der Waals surface area contributed by atoms with E-state index in [0.717, 1.165) is 6.54 Å². The summed E-state index contributed by atoms with van der Waals surface area (Å²) in [4.78, 5) is 0. The molecule has 6 heteroatoms. The summed E-state index contributed by atoms with van der Waals surface area (Å²) in [6, 6.07) is 0. The van der Waals surface area contributed by atoms with Crippen LogP contribution in [0.4, 0.5) is 0 Å². The minimum absolute atomic E-state index is 0.598. The number of hydrogen-bond acceptors (Lipinski definition) is 4. The van der Waals surface area contributed by atoms with Crippen LogP contribution in [-0.4, -0.2) is 57.9 Å². The van der Waals surface area contributed by atoms with Crippen molar-refractivity contribution in [3.05, 3.63) is 18.7 Å². The van der Waals surface area contributed by atoms with Crippen molar-refractivity contribution in [2.75, 3.05) is 53.4 Å². The average Bonchev–Trinajstić information content (AvgIpc) is 2.82. The number of hydrogen-bond donors (Lipinski definition) is 0. The molecule has 0 amide bonds. The molecule has 0 saturated carbocycles. The normalized spacial score (nSPS) is 11.1. The Kier molecular flexibility index (Phi) is 9.26. The van der Waals surface area contributed by atoms with Crippen LogP contribution in [0, 0.1) is 0 Å². The molecule has 1 rings (SSSR count). The summed E-state index contributed by atoms with van der Waals surface area (Å²) in [6.07, 6.45) is 6.06. The van der Waals surface area contributed by atoms with Gasteiger partial charge in [0, 0.05) is 7.11 Å². The zero-order valence-electron chi connectivity index (χ0n) is 11.9. The first-order valence-corrected chi connectivity index (χ1v) is 6.56. The summed E-state index contributed by atoms with van der Waals surface area (Å²) in [7, 11) is 3.66. The highest BCUT2D eigenvalue weighted by atomic mass is 16.6. The SMILES string of the molecule is COCCOCCOCCOCCn1cc[n+](C)c1. The number of methoxy groups -OCH3 is 1. The van der Waals surface area contributed by atoms with E-state index < -0.39 is 0 Å². The van der Waals surface area contributed by atoms with Crippen LogP contribution in [-0.2, 0) is 32.5 Å². The summed E-state index contributed by atoms with van der Waals surface area (Å²) >= 11 is 0. The first-order chi connectivity index (χ1) is 9.33. The molecule has 0 aliphatic rings. The fourth-order valence-electron chi connectivity index (χ4n) is 1.49. The Hall–Kier alpha value is -0.950. The number of aromatic nitrogens is 2. The maximum absolute atomic E-state index is 5.48. The molecule has 19 heavy (non-hydrogen) atoms. The lowest BCUT2D eigenvalue weighted by Gasteiger charge is -2.06. The summed E-state index contributed by atoms with van der Waals surface area (Å²) in [6.45, 7) is 5.22. The van der Waals surface area contributed by atoms with Crippen LogP contribution in [0.15, 0.2) is 18.7 Å². The Morgan fingerprint density at radius 3 is 2.00 bits per heavy atom. The average molecular weight is 273 g/mol. The van der Waals surface area contributed by atoms with Crippen molar-refractivity contribution in [2.45, 2.75) is 6.54 Å². The van der Waals surface area contributed by atoms with Gasteiger partial charge in [-0.05, 0) is 0 Å². The smallest absolute Gasteiger partial charge is 0.243 e. The highest BCUT2D eigenvalue weighted by Gasteiger charge is 1.99. The standard InChI is InChI=1S/C13H25N2O4/c1-14-3-4-15(13-14)5-6-17-9-10-19-12-11-18-8-7-16-2/h3-4,13H,5-12H2,1-2H3/q+1. The van der Waals surface area contributed by atoms with Crippen LogP contribution in [0.25, 0.3) is 0 Å². The Balaban J connectivity index is 1.79. The van der Waals surface area contributed by atoms with Crippen molar-refractivity contribution in [1.29, 1.82) is 0 Å². The monoisotopic (exact) mass is 273 g/mol. The molecule has 0 N–H and O–H groups in total. The number of rotatable bonds is 12. The molecule has 1 aromatic rings. The molecule has 0 radical (unpaired) electrons. The van der Waals surface area contributed by atoms with Gasteiger partial charge >= 0.3 is 0 Å². The number of nitrogens with zero attached hydrogens (tertiary/aromatic N) is 2. The van der Waals surface area contributed by atoms with Crippen molar-refractivity contribution in [3.63, 3.8) is 0 Å². The van der Waals surface area contributed by atoms with E-state index in [4.69, 9.17) is 18.9 Å². The van der Waals surface area contributed by atoms with Gasteiger partial charge in [0.25, 0.3) is 0 Å². The van der Waals surface area contributed by atoms with Crippen LogP contribution in [0.2, 0.25) is 0 Å². The predicted molar refractivity (Wildman–Crippen MR) is 69.9 cm³/mol. The molecule has 0 spiro atoms. The summed E-state index contributed by atoms with van der Waals surface area (Å²) < 4.78 is 25.1. The van der Waals surface area contributed by atoms with Crippen molar-refractivity contribution < 1.29 is 23.5 Å². The minimum atomic E-state index is 0.598. The molecular weight excluding hydrogens is 248 g/mol. The fraction of sp³-hybridized carbons (Fsp3) is 0.769. The van der Waals surface area contributed by atoms with Crippen molar-refractivity contribution >= 4 is 0 Å². The Bertz CT molecular complexity index is 317. The summed E-state index contributed by atoms with van der Waals surface area (Å²) in [5.41, 5.74) is 0. The molecule has 1 heterocycles. The number of aryl methyl sites for hydroxylation is 1. The number of imidazole rings is 1. The van der Waals surface area contributed by atoms with E-state index in [1.807, 2.05) is 30.3 Å². The second-order valence-corrected chi connectivity index (χ2v) is 4.15. The second kappa shape index (κ2) is 10.9. The molecule has 0 saturated heterocycles. The van der Waals surface area contributed by atoms with Crippen LogP contribution in [0.5, 0.6) is 0 Å². The van der Waals surface area contributed by atoms with Crippen LogP contribution in [0.3, 0.4) is 0 Å². The van der Waals surface area contributed by atoms with Gasteiger partial charge in [-0.1, -0.05) is 0 Å². The van der Waals surface area contributed by atoms with E-state index in [9.17, 15) is 0 Å². The second-order valence-electron chi connectivity index (χ2n) is 4.15. The van der Waals surface area contributed by atoms with Crippen LogP contribution >= 0.6 is 0 Å². The lowest BCUT2D eigenvalue weighted by Crippen LogP contribution is -2.24. The van der Waals surface area contributed by atoms with E-state index >= 15 is 0 Å². The molecule has 1 aromatic heterocycles. The van der Waals surface area contributed by atoms with E-state index in [1.54, 1.807) is 7.11 Å². The predicted octanol–water partition coefficient (Wildman–Crippen LogP) is 0.00880. The van der Waals surface area contributed by atoms with Gasteiger partial charge in [0.1, 0.15) is 18.9 Å². The van der Waals surface area contributed by atoms with Gasteiger partial charge in [-0.2, -0.15) is 0 Å².